The molecule has 0 atom stereocenters. The number of hydrogen-bond donors (Lipinski definition) is 1. The molecule has 1 aromatic carbocycles. The minimum Gasteiger partial charge on any atom is -0.378 e. The van der Waals surface area contributed by atoms with Crippen molar-refractivity contribution in [3.8, 4) is 6.07 Å². The molecule has 0 saturated carbocycles. The summed E-state index contributed by atoms with van der Waals surface area (Å²) < 4.78 is 6.27. The molecule has 0 unspecified atom stereocenters. The van der Waals surface area contributed by atoms with Gasteiger partial charge in [-0.15, -0.1) is 0 Å². The minimum absolute atomic E-state index is 0.0229. The summed E-state index contributed by atoms with van der Waals surface area (Å²) in [5, 5.41) is 12.6. The van der Waals surface area contributed by atoms with E-state index < -0.39 is 0 Å². The molecule has 1 aliphatic rings. The smallest absolute Gasteiger partial charge is 0.116 e. The maximum atomic E-state index is 9.19. The fourth-order valence-electron chi connectivity index (χ4n) is 2.59. The van der Waals surface area contributed by atoms with Crippen LogP contribution < -0.4 is 5.32 Å². The van der Waals surface area contributed by atoms with Crippen molar-refractivity contribution >= 4 is 15.9 Å². The van der Waals surface area contributed by atoms with Crippen LogP contribution in [0, 0.1) is 23.7 Å². The molecular weight excluding hydrogens is 316 g/mol. The Morgan fingerprint density at radius 2 is 2.15 bits per heavy atom. The molecule has 0 aromatic heterocycles. The first-order valence-corrected chi connectivity index (χ1v) is 7.64. The van der Waals surface area contributed by atoms with E-state index in [1.165, 1.54) is 11.1 Å². The van der Waals surface area contributed by atoms with Gasteiger partial charge in [0.05, 0.1) is 19.3 Å². The fourth-order valence-corrected chi connectivity index (χ4v) is 2.95. The number of hydrogen-bond acceptors (Lipinski definition) is 3. The molecule has 1 fully saturated rings. The van der Waals surface area contributed by atoms with Crippen LogP contribution in [0.5, 0.6) is 0 Å². The van der Waals surface area contributed by atoms with Crippen molar-refractivity contribution in [3.05, 3.63) is 33.8 Å². The van der Waals surface area contributed by atoms with Gasteiger partial charge >= 0.3 is 0 Å². The van der Waals surface area contributed by atoms with E-state index in [1.54, 1.807) is 0 Å². The third-order valence-electron chi connectivity index (χ3n) is 3.95. The zero-order chi connectivity index (χ0) is 14.8. The lowest BCUT2D eigenvalue weighted by Crippen LogP contribution is -2.50. The third-order valence-corrected chi connectivity index (χ3v) is 4.45. The zero-order valence-electron chi connectivity index (χ0n) is 12.3. The summed E-state index contributed by atoms with van der Waals surface area (Å²) in [5.41, 5.74) is 2.33. The molecule has 0 aliphatic carbocycles. The normalized spacial score (nSPS) is 17.4. The Labute approximate surface area is 129 Å². The Kier molecular flexibility index (Phi) is 4.53. The molecule has 0 radical (unpaired) electrons. The highest BCUT2D eigenvalue weighted by Gasteiger charge is 2.39. The summed E-state index contributed by atoms with van der Waals surface area (Å²) in [5.74, 6) is 0. The molecule has 1 heterocycles. The minimum atomic E-state index is -0.317. The molecule has 4 heteroatoms. The molecule has 2 rings (SSSR count). The number of rotatable bonds is 5. The molecule has 108 valence electrons. The van der Waals surface area contributed by atoms with Gasteiger partial charge in [-0.2, -0.15) is 5.26 Å². The Balaban J connectivity index is 2.00. The van der Waals surface area contributed by atoms with Gasteiger partial charge in [0.25, 0.3) is 0 Å². The van der Waals surface area contributed by atoms with Crippen LogP contribution in [0.3, 0.4) is 0 Å². The van der Waals surface area contributed by atoms with Crippen LogP contribution in [0.1, 0.15) is 25.0 Å². The van der Waals surface area contributed by atoms with Gasteiger partial charge in [0.15, 0.2) is 0 Å². The summed E-state index contributed by atoms with van der Waals surface area (Å²) in [6.45, 7) is 9.23. The lowest BCUT2D eigenvalue weighted by molar-refractivity contribution is -0.0756. The number of nitrogens with one attached hydrogen (secondary N) is 1. The lowest BCUT2D eigenvalue weighted by atomic mass is 9.81. The Bertz CT molecular complexity index is 530. The number of aryl methyl sites for hydroxylation is 1. The van der Waals surface area contributed by atoms with Crippen molar-refractivity contribution in [2.45, 2.75) is 26.2 Å². The molecule has 1 N–H and O–H groups in total. The van der Waals surface area contributed by atoms with Crippen LogP contribution in [-0.2, 0) is 10.2 Å². The third kappa shape index (κ3) is 3.22. The highest BCUT2D eigenvalue weighted by molar-refractivity contribution is 9.10. The highest BCUT2D eigenvalue weighted by atomic mass is 79.9. The van der Waals surface area contributed by atoms with Gasteiger partial charge in [-0.3, -0.25) is 0 Å². The van der Waals surface area contributed by atoms with Gasteiger partial charge < -0.3 is 10.1 Å². The quantitative estimate of drug-likeness (QED) is 0.898. The van der Waals surface area contributed by atoms with Crippen molar-refractivity contribution in [3.63, 3.8) is 0 Å². The van der Waals surface area contributed by atoms with E-state index in [1.807, 2.05) is 0 Å². The number of benzene rings is 1. The fraction of sp³-hybridized carbons (Fsp3) is 0.562. The molecule has 0 spiro atoms. The van der Waals surface area contributed by atoms with E-state index in [0.29, 0.717) is 19.8 Å². The molecule has 1 saturated heterocycles. The first-order valence-electron chi connectivity index (χ1n) is 6.85. The second kappa shape index (κ2) is 5.85. The van der Waals surface area contributed by atoms with Gasteiger partial charge in [0.2, 0.25) is 0 Å². The Morgan fingerprint density at radius 3 is 2.70 bits per heavy atom. The molecule has 3 nitrogen and oxygen atoms in total. The summed E-state index contributed by atoms with van der Waals surface area (Å²) in [7, 11) is 0. The maximum Gasteiger partial charge on any atom is 0.116 e. The second-order valence-corrected chi connectivity index (χ2v) is 7.25. The van der Waals surface area contributed by atoms with Gasteiger partial charge in [-0.05, 0) is 30.2 Å². The standard InChI is InChI=1S/C16H21BrN2O/c1-12-4-5-13(17)6-14(12)15(2,3)8-19-9-16(7-18)10-20-11-16/h4-6,19H,8-11H2,1-3H3. The van der Waals surface area contributed by atoms with Crippen LogP contribution in [0.15, 0.2) is 22.7 Å². The monoisotopic (exact) mass is 336 g/mol. The predicted molar refractivity (Wildman–Crippen MR) is 83.6 cm³/mol. The van der Waals surface area contributed by atoms with Gasteiger partial charge in [-0.1, -0.05) is 35.8 Å². The molecule has 1 aliphatic heterocycles. The summed E-state index contributed by atoms with van der Waals surface area (Å²) in [4.78, 5) is 0. The van der Waals surface area contributed by atoms with Crippen LogP contribution >= 0.6 is 15.9 Å². The van der Waals surface area contributed by atoms with Crippen molar-refractivity contribution in [1.29, 1.82) is 5.26 Å². The van der Waals surface area contributed by atoms with E-state index in [9.17, 15) is 5.26 Å². The van der Waals surface area contributed by atoms with Crippen LogP contribution in [-0.4, -0.2) is 26.3 Å². The zero-order valence-corrected chi connectivity index (χ0v) is 13.9. The lowest BCUT2D eigenvalue weighted by Gasteiger charge is -2.36. The van der Waals surface area contributed by atoms with Crippen molar-refractivity contribution in [2.24, 2.45) is 5.41 Å². The van der Waals surface area contributed by atoms with Crippen molar-refractivity contribution in [1.82, 2.24) is 5.32 Å². The molecular formula is C16H21BrN2O. The van der Waals surface area contributed by atoms with Crippen LogP contribution in [0.2, 0.25) is 0 Å². The van der Waals surface area contributed by atoms with E-state index in [0.717, 1.165) is 11.0 Å². The average molecular weight is 337 g/mol. The number of nitriles is 1. The van der Waals surface area contributed by atoms with Crippen molar-refractivity contribution < 1.29 is 4.74 Å². The van der Waals surface area contributed by atoms with Gasteiger partial charge in [0.1, 0.15) is 5.41 Å². The Morgan fingerprint density at radius 1 is 1.45 bits per heavy atom. The van der Waals surface area contributed by atoms with Crippen molar-refractivity contribution in [2.75, 3.05) is 26.3 Å². The van der Waals surface area contributed by atoms with Gasteiger partial charge in [0, 0.05) is 23.0 Å². The van der Waals surface area contributed by atoms with Crippen LogP contribution in [0.4, 0.5) is 0 Å². The van der Waals surface area contributed by atoms with E-state index >= 15 is 0 Å². The molecule has 0 amide bonds. The number of nitrogens with zero attached hydrogens (tertiary/aromatic N) is 1. The van der Waals surface area contributed by atoms with E-state index in [4.69, 9.17) is 4.74 Å². The second-order valence-electron chi connectivity index (χ2n) is 6.33. The first-order chi connectivity index (χ1) is 9.38. The van der Waals surface area contributed by atoms with E-state index in [-0.39, 0.29) is 10.8 Å². The molecule has 0 bridgehead atoms. The number of halogens is 1. The predicted octanol–water partition coefficient (Wildman–Crippen LogP) is 3.16. The average Bonchev–Trinajstić information content (AvgIpc) is 2.35. The molecule has 1 aromatic rings. The highest BCUT2D eigenvalue weighted by Crippen LogP contribution is 2.29. The summed E-state index contributed by atoms with van der Waals surface area (Å²) in [6, 6.07) is 8.76. The maximum absolute atomic E-state index is 9.19. The summed E-state index contributed by atoms with van der Waals surface area (Å²) in [6.07, 6.45) is 0. The molecule has 20 heavy (non-hydrogen) atoms. The van der Waals surface area contributed by atoms with E-state index in [2.05, 4.69) is 66.3 Å². The largest absolute Gasteiger partial charge is 0.378 e. The number of ether oxygens (including phenoxy) is 1. The van der Waals surface area contributed by atoms with Gasteiger partial charge in [-0.25, -0.2) is 0 Å². The topological polar surface area (TPSA) is 45.0 Å². The first kappa shape index (κ1) is 15.5. The SMILES string of the molecule is Cc1ccc(Br)cc1C(C)(C)CNCC1(C#N)COC1. The van der Waals surface area contributed by atoms with Crippen LogP contribution in [0.25, 0.3) is 0 Å². The Hall–Kier alpha value is -0.890. The summed E-state index contributed by atoms with van der Waals surface area (Å²) >= 11 is 3.54.